The number of rotatable bonds is 2. The molecular formula is C13H13ClN2. The number of hydrogen-bond acceptors (Lipinski definition) is 2. The Kier molecular flexibility index (Phi) is 3.02. The molecule has 2 nitrogen and oxygen atoms in total. The molecule has 2 rings (SSSR count). The van der Waals surface area contributed by atoms with Gasteiger partial charge in [0, 0.05) is 11.4 Å². The number of para-hydroxylation sites is 1. The third-order valence-electron chi connectivity index (χ3n) is 2.40. The third kappa shape index (κ3) is 2.28. The van der Waals surface area contributed by atoms with E-state index >= 15 is 0 Å². The maximum atomic E-state index is 5.99. The van der Waals surface area contributed by atoms with Crippen molar-refractivity contribution in [2.45, 2.75) is 6.92 Å². The van der Waals surface area contributed by atoms with Gasteiger partial charge in [-0.2, -0.15) is 0 Å². The molecule has 3 N–H and O–H groups in total. The van der Waals surface area contributed by atoms with Crippen LogP contribution in [0.15, 0.2) is 42.5 Å². The summed E-state index contributed by atoms with van der Waals surface area (Å²) in [4.78, 5) is 0. The number of nitrogens with two attached hydrogens (primary N) is 1. The van der Waals surface area contributed by atoms with E-state index < -0.39 is 0 Å². The maximum Gasteiger partial charge on any atom is 0.0656 e. The molecule has 3 heteroatoms. The highest BCUT2D eigenvalue weighted by atomic mass is 35.5. The number of aryl methyl sites for hydroxylation is 1. The lowest BCUT2D eigenvalue weighted by Crippen LogP contribution is -1.95. The van der Waals surface area contributed by atoms with Crippen molar-refractivity contribution in [1.82, 2.24) is 0 Å². The lowest BCUT2D eigenvalue weighted by molar-refractivity contribution is 1.43. The highest BCUT2D eigenvalue weighted by Gasteiger charge is 2.03. The quantitative estimate of drug-likeness (QED) is 0.769. The SMILES string of the molecule is Cc1cc(N)c(Cl)cc1Nc1ccccc1. The molecule has 2 aromatic carbocycles. The van der Waals surface area contributed by atoms with Gasteiger partial charge in [0.15, 0.2) is 0 Å². The number of halogens is 1. The predicted molar refractivity (Wildman–Crippen MR) is 70.3 cm³/mol. The van der Waals surface area contributed by atoms with Crippen LogP contribution in [-0.2, 0) is 0 Å². The fourth-order valence-electron chi connectivity index (χ4n) is 1.52. The number of benzene rings is 2. The fourth-order valence-corrected chi connectivity index (χ4v) is 1.68. The number of nitrogen functional groups attached to an aromatic ring is 1. The summed E-state index contributed by atoms with van der Waals surface area (Å²) in [6, 6.07) is 13.7. The zero-order valence-electron chi connectivity index (χ0n) is 9.00. The minimum Gasteiger partial charge on any atom is -0.398 e. The summed E-state index contributed by atoms with van der Waals surface area (Å²) in [5.41, 5.74) is 9.42. The summed E-state index contributed by atoms with van der Waals surface area (Å²) < 4.78 is 0. The van der Waals surface area contributed by atoms with Crippen molar-refractivity contribution < 1.29 is 0 Å². The van der Waals surface area contributed by atoms with Gasteiger partial charge in [0.1, 0.15) is 0 Å². The van der Waals surface area contributed by atoms with Gasteiger partial charge >= 0.3 is 0 Å². The summed E-state index contributed by atoms with van der Waals surface area (Å²) in [6.45, 7) is 2.00. The van der Waals surface area contributed by atoms with E-state index in [1.165, 1.54) is 0 Å². The second kappa shape index (κ2) is 4.45. The molecule has 16 heavy (non-hydrogen) atoms. The Morgan fingerprint density at radius 3 is 2.50 bits per heavy atom. The van der Waals surface area contributed by atoms with Crippen LogP contribution in [0.1, 0.15) is 5.56 Å². The van der Waals surface area contributed by atoms with Crippen molar-refractivity contribution in [3.8, 4) is 0 Å². The van der Waals surface area contributed by atoms with Gasteiger partial charge in [-0.05, 0) is 36.8 Å². The van der Waals surface area contributed by atoms with Gasteiger partial charge < -0.3 is 11.1 Å². The zero-order chi connectivity index (χ0) is 11.5. The summed E-state index contributed by atoms with van der Waals surface area (Å²) in [5, 5.41) is 3.87. The molecule has 0 aliphatic rings. The average molecular weight is 233 g/mol. The molecule has 0 amide bonds. The van der Waals surface area contributed by atoms with E-state index in [-0.39, 0.29) is 0 Å². The monoisotopic (exact) mass is 232 g/mol. The topological polar surface area (TPSA) is 38.0 Å². The Morgan fingerprint density at radius 1 is 1.12 bits per heavy atom. The molecule has 0 aromatic heterocycles. The molecule has 0 radical (unpaired) electrons. The molecule has 0 heterocycles. The molecule has 2 aromatic rings. The summed E-state index contributed by atoms with van der Waals surface area (Å²) in [6.07, 6.45) is 0. The molecule has 0 fully saturated rings. The van der Waals surface area contributed by atoms with E-state index in [9.17, 15) is 0 Å². The first-order valence-electron chi connectivity index (χ1n) is 5.04. The predicted octanol–water partition coefficient (Wildman–Crippen LogP) is 3.97. The second-order valence-electron chi connectivity index (χ2n) is 3.68. The third-order valence-corrected chi connectivity index (χ3v) is 2.72. The molecule has 0 bridgehead atoms. The van der Waals surface area contributed by atoms with Gasteiger partial charge in [-0.3, -0.25) is 0 Å². The molecule has 0 atom stereocenters. The van der Waals surface area contributed by atoms with Gasteiger partial charge in [0.25, 0.3) is 0 Å². The lowest BCUT2D eigenvalue weighted by Gasteiger charge is -2.11. The van der Waals surface area contributed by atoms with E-state index in [4.69, 9.17) is 17.3 Å². The largest absolute Gasteiger partial charge is 0.398 e. The van der Waals surface area contributed by atoms with Gasteiger partial charge in [-0.1, -0.05) is 29.8 Å². The summed E-state index contributed by atoms with van der Waals surface area (Å²) in [7, 11) is 0. The maximum absolute atomic E-state index is 5.99. The molecule has 82 valence electrons. The molecule has 0 saturated heterocycles. The van der Waals surface area contributed by atoms with Crippen molar-refractivity contribution in [3.63, 3.8) is 0 Å². The van der Waals surface area contributed by atoms with Crippen LogP contribution >= 0.6 is 11.6 Å². The molecular weight excluding hydrogens is 220 g/mol. The average Bonchev–Trinajstić information content (AvgIpc) is 2.27. The Labute approximate surface area is 100 Å². The normalized spacial score (nSPS) is 10.1. The smallest absolute Gasteiger partial charge is 0.0656 e. The zero-order valence-corrected chi connectivity index (χ0v) is 9.75. The van der Waals surface area contributed by atoms with Gasteiger partial charge in [0.05, 0.1) is 10.7 Å². The van der Waals surface area contributed by atoms with Crippen molar-refractivity contribution in [3.05, 3.63) is 53.1 Å². The van der Waals surface area contributed by atoms with Gasteiger partial charge in [0.2, 0.25) is 0 Å². The second-order valence-corrected chi connectivity index (χ2v) is 4.09. The first-order chi connectivity index (χ1) is 7.66. The van der Waals surface area contributed by atoms with Crippen molar-refractivity contribution in [2.75, 3.05) is 11.1 Å². The Bertz CT molecular complexity index is 495. The van der Waals surface area contributed by atoms with E-state index in [2.05, 4.69) is 5.32 Å². The molecule has 0 unspecified atom stereocenters. The van der Waals surface area contributed by atoms with Crippen molar-refractivity contribution >= 4 is 28.7 Å². The van der Waals surface area contributed by atoms with Crippen LogP contribution in [0.5, 0.6) is 0 Å². The molecule has 0 aliphatic heterocycles. The van der Waals surface area contributed by atoms with Crippen LogP contribution in [0.3, 0.4) is 0 Å². The van der Waals surface area contributed by atoms with Crippen LogP contribution < -0.4 is 11.1 Å². The van der Waals surface area contributed by atoms with E-state index in [0.717, 1.165) is 16.9 Å². The molecule has 0 aliphatic carbocycles. The van der Waals surface area contributed by atoms with Crippen LogP contribution in [0.4, 0.5) is 17.1 Å². The molecule has 0 spiro atoms. The van der Waals surface area contributed by atoms with E-state index in [0.29, 0.717) is 10.7 Å². The Hall–Kier alpha value is -1.67. The standard InChI is InChI=1S/C13H13ClN2/c1-9-7-12(15)11(14)8-13(9)16-10-5-3-2-4-6-10/h2-8,16H,15H2,1H3. The van der Waals surface area contributed by atoms with Crippen molar-refractivity contribution in [1.29, 1.82) is 0 Å². The fraction of sp³-hybridized carbons (Fsp3) is 0.0769. The minimum atomic E-state index is 0.573. The van der Waals surface area contributed by atoms with E-state index in [1.54, 1.807) is 0 Å². The minimum absolute atomic E-state index is 0.573. The first kappa shape index (κ1) is 10.8. The Morgan fingerprint density at radius 2 is 1.81 bits per heavy atom. The Balaban J connectivity index is 2.32. The first-order valence-corrected chi connectivity index (χ1v) is 5.42. The number of anilines is 3. The van der Waals surface area contributed by atoms with Crippen LogP contribution in [0.2, 0.25) is 5.02 Å². The van der Waals surface area contributed by atoms with Crippen LogP contribution in [0, 0.1) is 6.92 Å². The highest BCUT2D eigenvalue weighted by molar-refractivity contribution is 6.33. The summed E-state index contributed by atoms with van der Waals surface area (Å²) >= 11 is 5.99. The van der Waals surface area contributed by atoms with Gasteiger partial charge in [-0.25, -0.2) is 0 Å². The van der Waals surface area contributed by atoms with Crippen LogP contribution in [0.25, 0.3) is 0 Å². The lowest BCUT2D eigenvalue weighted by atomic mass is 10.1. The van der Waals surface area contributed by atoms with Crippen molar-refractivity contribution in [2.24, 2.45) is 0 Å². The van der Waals surface area contributed by atoms with E-state index in [1.807, 2.05) is 49.4 Å². The molecule has 0 saturated carbocycles. The van der Waals surface area contributed by atoms with Gasteiger partial charge in [-0.15, -0.1) is 0 Å². The van der Waals surface area contributed by atoms with Crippen LogP contribution in [-0.4, -0.2) is 0 Å². The number of hydrogen-bond donors (Lipinski definition) is 2. The highest BCUT2D eigenvalue weighted by Crippen LogP contribution is 2.28. The summed E-state index contributed by atoms with van der Waals surface area (Å²) in [5.74, 6) is 0. The number of nitrogens with one attached hydrogen (secondary N) is 1.